The van der Waals surface area contributed by atoms with Gasteiger partial charge in [0, 0.05) is 18.8 Å². The molecule has 1 aromatic carbocycles. The van der Waals surface area contributed by atoms with Crippen LogP contribution in [-0.4, -0.2) is 34.5 Å². The van der Waals surface area contributed by atoms with Crippen LogP contribution in [-0.2, 0) is 16.4 Å². The van der Waals surface area contributed by atoms with Crippen LogP contribution in [0.5, 0.6) is 0 Å². The summed E-state index contributed by atoms with van der Waals surface area (Å²) < 4.78 is 22.7. The molecule has 0 fully saturated rings. The first-order valence-corrected chi connectivity index (χ1v) is 12.1. The SMILES string of the molecule is CCS(=O)(=O)CCNCc1ccc([Si](C)(C)C)cc1. The van der Waals surface area contributed by atoms with E-state index in [1.807, 2.05) is 0 Å². The molecule has 0 atom stereocenters. The van der Waals surface area contributed by atoms with E-state index in [1.54, 1.807) is 6.92 Å². The van der Waals surface area contributed by atoms with E-state index in [-0.39, 0.29) is 11.5 Å². The lowest BCUT2D eigenvalue weighted by atomic mass is 10.2. The minimum absolute atomic E-state index is 0.219. The maximum absolute atomic E-state index is 11.3. The average molecular weight is 300 g/mol. The van der Waals surface area contributed by atoms with Crippen LogP contribution in [0.2, 0.25) is 19.6 Å². The maximum Gasteiger partial charge on any atom is 0.151 e. The molecule has 0 saturated heterocycles. The van der Waals surface area contributed by atoms with Crippen molar-refractivity contribution in [2.45, 2.75) is 33.1 Å². The van der Waals surface area contributed by atoms with Gasteiger partial charge in [-0.25, -0.2) is 8.42 Å². The Kier molecular flexibility index (Phi) is 5.76. The zero-order chi connectivity index (χ0) is 14.5. The summed E-state index contributed by atoms with van der Waals surface area (Å²) in [5.41, 5.74) is 1.20. The Hall–Kier alpha value is -0.653. The van der Waals surface area contributed by atoms with E-state index in [0.29, 0.717) is 6.54 Å². The summed E-state index contributed by atoms with van der Waals surface area (Å²) in [5.74, 6) is 0.441. The number of rotatable bonds is 7. The smallest absolute Gasteiger partial charge is 0.151 e. The first-order chi connectivity index (χ1) is 8.74. The molecule has 1 rings (SSSR count). The lowest BCUT2D eigenvalue weighted by Gasteiger charge is -2.16. The Morgan fingerprint density at radius 1 is 1.11 bits per heavy atom. The third-order valence-electron chi connectivity index (χ3n) is 3.18. The maximum atomic E-state index is 11.3. The molecular weight excluding hydrogens is 274 g/mol. The van der Waals surface area contributed by atoms with Crippen molar-refractivity contribution in [1.29, 1.82) is 0 Å². The predicted octanol–water partition coefficient (Wildman–Crippen LogP) is 1.76. The molecule has 0 unspecified atom stereocenters. The summed E-state index contributed by atoms with van der Waals surface area (Å²) >= 11 is 0. The summed E-state index contributed by atoms with van der Waals surface area (Å²) in [6, 6.07) is 8.67. The highest BCUT2D eigenvalue weighted by molar-refractivity contribution is 7.91. The molecule has 0 aliphatic carbocycles. The molecule has 1 N–H and O–H groups in total. The highest BCUT2D eigenvalue weighted by Crippen LogP contribution is 2.04. The number of hydrogen-bond donors (Lipinski definition) is 1. The molecule has 0 radical (unpaired) electrons. The van der Waals surface area contributed by atoms with Crippen LogP contribution >= 0.6 is 0 Å². The molecule has 1 aromatic rings. The monoisotopic (exact) mass is 299 g/mol. The predicted molar refractivity (Wildman–Crippen MR) is 85.5 cm³/mol. The van der Waals surface area contributed by atoms with E-state index < -0.39 is 17.9 Å². The summed E-state index contributed by atoms with van der Waals surface area (Å²) in [6.45, 7) is 9.92. The van der Waals surface area contributed by atoms with Crippen LogP contribution in [0.3, 0.4) is 0 Å². The van der Waals surface area contributed by atoms with E-state index in [1.165, 1.54) is 10.8 Å². The Morgan fingerprint density at radius 3 is 2.16 bits per heavy atom. The van der Waals surface area contributed by atoms with Crippen molar-refractivity contribution >= 4 is 23.1 Å². The Bertz CT molecular complexity index is 489. The van der Waals surface area contributed by atoms with Gasteiger partial charge in [0.1, 0.15) is 0 Å². The Morgan fingerprint density at radius 2 is 1.68 bits per heavy atom. The average Bonchev–Trinajstić information content (AvgIpc) is 2.34. The Labute approximate surface area is 118 Å². The summed E-state index contributed by atoms with van der Waals surface area (Å²) in [6.07, 6.45) is 0. The summed E-state index contributed by atoms with van der Waals surface area (Å²) in [5, 5.41) is 4.63. The molecule has 0 aliphatic rings. The highest BCUT2D eigenvalue weighted by Gasteiger charge is 2.15. The highest BCUT2D eigenvalue weighted by atomic mass is 32.2. The fraction of sp³-hybridized carbons (Fsp3) is 0.571. The lowest BCUT2D eigenvalue weighted by Crippen LogP contribution is -2.37. The fourth-order valence-electron chi connectivity index (χ4n) is 1.73. The second-order valence-corrected chi connectivity index (χ2v) is 13.4. The zero-order valence-corrected chi connectivity index (χ0v) is 14.2. The minimum atomic E-state index is -2.86. The van der Waals surface area contributed by atoms with Gasteiger partial charge in [-0.05, 0) is 5.56 Å². The van der Waals surface area contributed by atoms with E-state index in [0.717, 1.165) is 6.54 Å². The second kappa shape index (κ2) is 6.68. The largest absolute Gasteiger partial charge is 0.312 e. The van der Waals surface area contributed by atoms with Crippen molar-refractivity contribution in [2.75, 3.05) is 18.1 Å². The number of benzene rings is 1. The van der Waals surface area contributed by atoms with E-state index >= 15 is 0 Å². The molecule has 0 heterocycles. The molecule has 3 nitrogen and oxygen atoms in total. The molecule has 5 heteroatoms. The third-order valence-corrected chi connectivity index (χ3v) is 6.95. The van der Waals surface area contributed by atoms with Crippen molar-refractivity contribution in [1.82, 2.24) is 5.32 Å². The van der Waals surface area contributed by atoms with Gasteiger partial charge in [0.15, 0.2) is 9.84 Å². The van der Waals surface area contributed by atoms with Gasteiger partial charge in [0.25, 0.3) is 0 Å². The van der Waals surface area contributed by atoms with Crippen LogP contribution in [0.25, 0.3) is 0 Å². The van der Waals surface area contributed by atoms with Crippen molar-refractivity contribution in [3.05, 3.63) is 29.8 Å². The van der Waals surface area contributed by atoms with Gasteiger partial charge in [-0.1, -0.05) is 56.0 Å². The first-order valence-electron chi connectivity index (χ1n) is 6.75. The van der Waals surface area contributed by atoms with Gasteiger partial charge in [0.05, 0.1) is 13.8 Å². The Balaban J connectivity index is 2.43. The second-order valence-electron chi connectivity index (χ2n) is 5.86. The molecule has 0 aliphatic heterocycles. The molecule has 108 valence electrons. The van der Waals surface area contributed by atoms with E-state index in [2.05, 4.69) is 49.2 Å². The van der Waals surface area contributed by atoms with Crippen molar-refractivity contribution in [3.63, 3.8) is 0 Å². The van der Waals surface area contributed by atoms with Crippen LogP contribution < -0.4 is 10.5 Å². The molecule has 0 spiro atoms. The molecule has 0 amide bonds. The zero-order valence-electron chi connectivity index (χ0n) is 12.4. The van der Waals surface area contributed by atoms with Gasteiger partial charge < -0.3 is 5.32 Å². The third kappa shape index (κ3) is 5.89. The van der Waals surface area contributed by atoms with Gasteiger partial charge >= 0.3 is 0 Å². The normalized spacial score (nSPS) is 12.6. The van der Waals surface area contributed by atoms with Gasteiger partial charge in [-0.15, -0.1) is 0 Å². The molecule has 0 bridgehead atoms. The standard InChI is InChI=1S/C14H25NO2SSi/c1-5-18(16,17)11-10-15-12-13-6-8-14(9-7-13)19(2,3)4/h6-9,15H,5,10-12H2,1-4H3. The lowest BCUT2D eigenvalue weighted by molar-refractivity contribution is 0.592. The molecular formula is C14H25NO2SSi. The first kappa shape index (κ1) is 16.4. The van der Waals surface area contributed by atoms with Crippen molar-refractivity contribution in [2.24, 2.45) is 0 Å². The van der Waals surface area contributed by atoms with Crippen molar-refractivity contribution < 1.29 is 8.42 Å². The molecule has 19 heavy (non-hydrogen) atoms. The molecule has 0 saturated carbocycles. The summed E-state index contributed by atoms with van der Waals surface area (Å²) in [4.78, 5) is 0. The number of nitrogens with one attached hydrogen (secondary N) is 1. The quantitative estimate of drug-likeness (QED) is 0.616. The van der Waals surface area contributed by atoms with Crippen LogP contribution in [0, 0.1) is 0 Å². The topological polar surface area (TPSA) is 46.2 Å². The van der Waals surface area contributed by atoms with Crippen LogP contribution in [0.15, 0.2) is 24.3 Å². The van der Waals surface area contributed by atoms with E-state index in [4.69, 9.17) is 0 Å². The minimum Gasteiger partial charge on any atom is -0.312 e. The van der Waals surface area contributed by atoms with Crippen molar-refractivity contribution in [3.8, 4) is 0 Å². The fourth-order valence-corrected chi connectivity index (χ4v) is 3.64. The van der Waals surface area contributed by atoms with Gasteiger partial charge in [-0.3, -0.25) is 0 Å². The summed E-state index contributed by atoms with van der Waals surface area (Å²) in [7, 11) is -4.08. The molecule has 0 aromatic heterocycles. The van der Waals surface area contributed by atoms with Gasteiger partial charge in [0.2, 0.25) is 0 Å². The number of hydrogen-bond acceptors (Lipinski definition) is 3. The van der Waals surface area contributed by atoms with E-state index in [9.17, 15) is 8.42 Å². The van der Waals surface area contributed by atoms with Gasteiger partial charge in [-0.2, -0.15) is 0 Å². The number of sulfone groups is 1. The van der Waals surface area contributed by atoms with Crippen LogP contribution in [0.1, 0.15) is 12.5 Å². The van der Waals surface area contributed by atoms with Crippen LogP contribution in [0.4, 0.5) is 0 Å².